The molecular formula is C15H21NO6S. The van der Waals surface area contributed by atoms with Crippen molar-refractivity contribution in [3.05, 3.63) is 17.7 Å². The Morgan fingerprint density at radius 3 is 2.13 bits per heavy atom. The monoisotopic (exact) mass is 343 g/mol. The topological polar surface area (TPSA) is 82.1 Å². The van der Waals surface area contributed by atoms with Crippen molar-refractivity contribution in [2.45, 2.75) is 12.2 Å². The molecule has 1 aromatic rings. The molecule has 1 aromatic carbocycles. The smallest absolute Gasteiger partial charge is 0.254 e. The summed E-state index contributed by atoms with van der Waals surface area (Å²) in [5, 5.41) is -0.567. The molecule has 128 valence electrons. The number of nitrogens with zero attached hydrogens (tertiary/aromatic N) is 1. The molecule has 0 spiro atoms. The molecule has 1 fully saturated rings. The number of sulfone groups is 1. The number of carbonyl (C=O) groups excluding carboxylic acids is 1. The van der Waals surface area contributed by atoms with Gasteiger partial charge in [0.15, 0.2) is 21.3 Å². The van der Waals surface area contributed by atoms with Crippen molar-refractivity contribution >= 4 is 15.7 Å². The zero-order valence-corrected chi connectivity index (χ0v) is 14.5. The molecule has 0 bridgehead atoms. The van der Waals surface area contributed by atoms with E-state index in [1.165, 1.54) is 26.2 Å². The van der Waals surface area contributed by atoms with Crippen LogP contribution in [0.2, 0.25) is 0 Å². The first-order chi connectivity index (χ1) is 10.8. The van der Waals surface area contributed by atoms with Crippen LogP contribution >= 0.6 is 0 Å². The predicted octanol–water partition coefficient (Wildman–Crippen LogP) is 0.972. The van der Waals surface area contributed by atoms with E-state index in [2.05, 4.69) is 0 Å². The fourth-order valence-electron chi connectivity index (χ4n) is 2.53. The van der Waals surface area contributed by atoms with Gasteiger partial charge in [0.05, 0.1) is 32.3 Å². The van der Waals surface area contributed by atoms with E-state index in [0.29, 0.717) is 22.8 Å². The lowest BCUT2D eigenvalue weighted by molar-refractivity contribution is 0.0759. The number of hydrogen-bond donors (Lipinski definition) is 0. The van der Waals surface area contributed by atoms with Crippen molar-refractivity contribution in [2.75, 3.05) is 40.2 Å². The molecule has 0 radical (unpaired) electrons. The molecule has 23 heavy (non-hydrogen) atoms. The fraction of sp³-hybridized carbons (Fsp3) is 0.533. The predicted molar refractivity (Wildman–Crippen MR) is 85.3 cm³/mol. The second kappa shape index (κ2) is 6.66. The molecule has 1 saturated heterocycles. The second-order valence-corrected chi connectivity index (χ2v) is 7.88. The molecule has 1 atom stereocenters. The molecule has 1 aliphatic rings. The van der Waals surface area contributed by atoms with Gasteiger partial charge in [0, 0.05) is 18.7 Å². The Hall–Kier alpha value is -1.96. The van der Waals surface area contributed by atoms with Gasteiger partial charge in [0.25, 0.3) is 5.91 Å². The van der Waals surface area contributed by atoms with Gasteiger partial charge in [0.1, 0.15) is 0 Å². The average molecular weight is 343 g/mol. The van der Waals surface area contributed by atoms with Crippen LogP contribution in [-0.2, 0) is 9.84 Å². The minimum absolute atomic E-state index is 0.0235. The van der Waals surface area contributed by atoms with Crippen LogP contribution in [0.15, 0.2) is 12.1 Å². The van der Waals surface area contributed by atoms with Crippen molar-refractivity contribution in [3.8, 4) is 17.2 Å². The maximum atomic E-state index is 12.7. The Kier molecular flexibility index (Phi) is 5.03. The van der Waals surface area contributed by atoms with E-state index in [9.17, 15) is 13.2 Å². The summed E-state index contributed by atoms with van der Waals surface area (Å²) in [7, 11) is 1.32. The molecule has 1 amide bonds. The van der Waals surface area contributed by atoms with Crippen molar-refractivity contribution in [2.24, 2.45) is 0 Å². The molecule has 0 saturated carbocycles. The lowest BCUT2D eigenvalue weighted by atomic mass is 10.1. The normalized spacial score (nSPS) is 20.0. The van der Waals surface area contributed by atoms with Crippen molar-refractivity contribution in [3.63, 3.8) is 0 Å². The second-order valence-electron chi connectivity index (χ2n) is 5.34. The van der Waals surface area contributed by atoms with E-state index >= 15 is 0 Å². The van der Waals surface area contributed by atoms with E-state index < -0.39 is 15.1 Å². The van der Waals surface area contributed by atoms with Crippen LogP contribution in [0.25, 0.3) is 0 Å². The maximum absolute atomic E-state index is 12.7. The average Bonchev–Trinajstić information content (AvgIpc) is 2.55. The highest BCUT2D eigenvalue weighted by molar-refractivity contribution is 7.92. The highest BCUT2D eigenvalue weighted by Gasteiger charge is 2.32. The summed E-state index contributed by atoms with van der Waals surface area (Å²) in [6.07, 6.45) is 0. The summed E-state index contributed by atoms with van der Waals surface area (Å²) >= 11 is 0. The Bertz CT molecular complexity index is 675. The Morgan fingerprint density at radius 1 is 1.13 bits per heavy atom. The number of rotatable bonds is 4. The highest BCUT2D eigenvalue weighted by atomic mass is 32.2. The number of carbonyl (C=O) groups is 1. The number of amides is 1. The molecule has 1 heterocycles. The largest absolute Gasteiger partial charge is 0.493 e. The van der Waals surface area contributed by atoms with Gasteiger partial charge < -0.3 is 19.1 Å². The highest BCUT2D eigenvalue weighted by Crippen LogP contribution is 2.38. The zero-order valence-electron chi connectivity index (χ0n) is 13.7. The van der Waals surface area contributed by atoms with E-state index in [-0.39, 0.29) is 24.7 Å². The van der Waals surface area contributed by atoms with Gasteiger partial charge in [0.2, 0.25) is 5.75 Å². The summed E-state index contributed by atoms with van der Waals surface area (Å²) in [5.74, 6) is 0.887. The lowest BCUT2D eigenvalue weighted by Crippen LogP contribution is -2.48. The minimum atomic E-state index is -3.11. The molecule has 0 unspecified atom stereocenters. The molecule has 8 heteroatoms. The summed E-state index contributed by atoms with van der Waals surface area (Å²) in [5.41, 5.74) is 0.367. The van der Waals surface area contributed by atoms with Gasteiger partial charge in [-0.25, -0.2) is 8.42 Å². The summed E-state index contributed by atoms with van der Waals surface area (Å²) in [4.78, 5) is 14.2. The first-order valence-corrected chi connectivity index (χ1v) is 8.86. The molecule has 2 rings (SSSR count). The van der Waals surface area contributed by atoms with E-state index in [1.54, 1.807) is 19.1 Å². The van der Waals surface area contributed by atoms with Crippen LogP contribution in [-0.4, -0.2) is 64.6 Å². The minimum Gasteiger partial charge on any atom is -0.493 e. The Balaban J connectivity index is 2.33. The van der Waals surface area contributed by atoms with E-state index in [1.807, 2.05) is 0 Å². The van der Waals surface area contributed by atoms with Gasteiger partial charge in [-0.15, -0.1) is 0 Å². The third-order valence-electron chi connectivity index (χ3n) is 3.94. The van der Waals surface area contributed by atoms with Gasteiger partial charge in [-0.2, -0.15) is 0 Å². The fourth-order valence-corrected chi connectivity index (χ4v) is 3.81. The van der Waals surface area contributed by atoms with Gasteiger partial charge in [-0.1, -0.05) is 0 Å². The number of benzene rings is 1. The Morgan fingerprint density at radius 2 is 1.70 bits per heavy atom. The van der Waals surface area contributed by atoms with E-state index in [4.69, 9.17) is 14.2 Å². The third-order valence-corrected chi connectivity index (χ3v) is 6.06. The SMILES string of the molecule is COc1cc(C(=O)N2CCS(=O)(=O)[C@@H](C)C2)cc(OC)c1OC. The third kappa shape index (κ3) is 3.36. The van der Waals surface area contributed by atoms with Crippen LogP contribution in [0.4, 0.5) is 0 Å². The van der Waals surface area contributed by atoms with Crippen LogP contribution < -0.4 is 14.2 Å². The first kappa shape index (κ1) is 17.4. The lowest BCUT2D eigenvalue weighted by Gasteiger charge is -2.31. The van der Waals surface area contributed by atoms with Crippen molar-refractivity contribution < 1.29 is 27.4 Å². The van der Waals surface area contributed by atoms with Crippen molar-refractivity contribution in [1.82, 2.24) is 4.90 Å². The molecule has 7 nitrogen and oxygen atoms in total. The molecule has 0 aromatic heterocycles. The van der Waals surface area contributed by atoms with Crippen LogP contribution in [0, 0.1) is 0 Å². The maximum Gasteiger partial charge on any atom is 0.254 e. The Labute approximate surface area is 136 Å². The standard InChI is InChI=1S/C15H21NO6S/c1-10-9-16(5-6-23(10,18)19)15(17)11-7-12(20-2)14(22-4)13(8-11)21-3/h7-8,10H,5-6,9H2,1-4H3/t10-/m0/s1. The quantitative estimate of drug-likeness (QED) is 0.810. The summed E-state index contributed by atoms with van der Waals surface area (Å²) in [6.45, 7) is 1.98. The van der Waals surface area contributed by atoms with Crippen LogP contribution in [0.3, 0.4) is 0 Å². The number of hydrogen-bond acceptors (Lipinski definition) is 6. The van der Waals surface area contributed by atoms with Gasteiger partial charge in [-0.05, 0) is 19.1 Å². The number of methoxy groups -OCH3 is 3. The molecule has 0 N–H and O–H groups in total. The molecule has 1 aliphatic heterocycles. The van der Waals surface area contributed by atoms with E-state index in [0.717, 1.165) is 0 Å². The molecular weight excluding hydrogens is 322 g/mol. The molecule has 0 aliphatic carbocycles. The zero-order chi connectivity index (χ0) is 17.2. The van der Waals surface area contributed by atoms with Crippen LogP contribution in [0.5, 0.6) is 17.2 Å². The van der Waals surface area contributed by atoms with Gasteiger partial charge in [-0.3, -0.25) is 4.79 Å². The van der Waals surface area contributed by atoms with Crippen molar-refractivity contribution in [1.29, 1.82) is 0 Å². The summed E-state index contributed by atoms with van der Waals surface area (Å²) in [6, 6.07) is 3.13. The van der Waals surface area contributed by atoms with Crippen LogP contribution in [0.1, 0.15) is 17.3 Å². The van der Waals surface area contributed by atoms with Gasteiger partial charge >= 0.3 is 0 Å². The number of ether oxygens (including phenoxy) is 3. The first-order valence-electron chi connectivity index (χ1n) is 7.15. The summed E-state index contributed by atoms with van der Waals surface area (Å²) < 4.78 is 39.3.